The van der Waals surface area contributed by atoms with Gasteiger partial charge in [-0.3, -0.25) is 0 Å². The second-order valence-electron chi connectivity index (χ2n) is 6.33. The fourth-order valence-electron chi connectivity index (χ4n) is 3.09. The van der Waals surface area contributed by atoms with E-state index in [-0.39, 0.29) is 6.03 Å². The van der Waals surface area contributed by atoms with Crippen molar-refractivity contribution in [2.45, 2.75) is 19.4 Å². The van der Waals surface area contributed by atoms with Gasteiger partial charge >= 0.3 is 6.03 Å². The summed E-state index contributed by atoms with van der Waals surface area (Å²) in [4.78, 5) is 14.3. The highest BCUT2D eigenvalue weighted by Gasteiger charge is 2.22. The van der Waals surface area contributed by atoms with Crippen LogP contribution in [0.4, 0.5) is 4.79 Å². The van der Waals surface area contributed by atoms with Gasteiger partial charge in [-0.05, 0) is 43.0 Å². The van der Waals surface area contributed by atoms with Crippen LogP contribution in [-0.2, 0) is 13.0 Å². The molecule has 0 saturated carbocycles. The van der Waals surface area contributed by atoms with Crippen LogP contribution in [0.1, 0.15) is 17.7 Å². The number of rotatable bonds is 7. The minimum atomic E-state index is -0.130. The van der Waals surface area contributed by atoms with E-state index in [1.807, 2.05) is 12.1 Å². The highest BCUT2D eigenvalue weighted by atomic mass is 16.3. The first-order valence-electron chi connectivity index (χ1n) is 8.60. The number of urea groups is 1. The van der Waals surface area contributed by atoms with E-state index >= 15 is 0 Å². The smallest absolute Gasteiger partial charge is 0.315 e. The Morgan fingerprint density at radius 3 is 2.83 bits per heavy atom. The molecular weight excluding hydrogens is 302 g/mol. The molecule has 3 rings (SSSR count). The topological polar surface area (TPSA) is 57.5 Å². The molecule has 1 aromatic heterocycles. The monoisotopic (exact) mass is 327 g/mol. The maximum absolute atomic E-state index is 11.8. The van der Waals surface area contributed by atoms with E-state index in [4.69, 9.17) is 4.42 Å². The summed E-state index contributed by atoms with van der Waals surface area (Å²) in [6, 6.07) is 14.1. The van der Waals surface area contributed by atoms with Crippen molar-refractivity contribution in [3.05, 3.63) is 60.1 Å². The third kappa shape index (κ3) is 5.13. The van der Waals surface area contributed by atoms with Crippen LogP contribution in [0.15, 0.2) is 53.1 Å². The van der Waals surface area contributed by atoms with Crippen molar-refractivity contribution >= 4 is 6.03 Å². The van der Waals surface area contributed by atoms with Gasteiger partial charge in [0.15, 0.2) is 0 Å². The number of likely N-dealkylation sites (tertiary alicyclic amines) is 1. The molecule has 0 bridgehead atoms. The van der Waals surface area contributed by atoms with E-state index in [2.05, 4.69) is 45.9 Å². The van der Waals surface area contributed by atoms with Gasteiger partial charge in [-0.2, -0.15) is 0 Å². The summed E-state index contributed by atoms with van der Waals surface area (Å²) in [7, 11) is 0. The number of nitrogens with zero attached hydrogens (tertiary/aromatic N) is 1. The number of amides is 2. The normalized spacial score (nSPS) is 17.8. The standard InChI is InChI=1S/C19H25N3O2/c23-19(21-14-18-7-4-12-24-18)20-13-17-9-11-22(15-17)10-8-16-5-2-1-3-6-16/h1-7,12,17H,8-11,13-15H2,(H2,20,21,23)/t17-/m1/s1. The molecule has 1 fully saturated rings. The number of nitrogens with one attached hydrogen (secondary N) is 2. The molecule has 2 amide bonds. The number of benzene rings is 1. The van der Waals surface area contributed by atoms with E-state index in [1.54, 1.807) is 6.26 Å². The fourth-order valence-corrected chi connectivity index (χ4v) is 3.09. The lowest BCUT2D eigenvalue weighted by Gasteiger charge is -2.16. The van der Waals surface area contributed by atoms with Gasteiger partial charge in [0.25, 0.3) is 0 Å². The first kappa shape index (κ1) is 16.6. The molecule has 1 atom stereocenters. The predicted molar refractivity (Wildman–Crippen MR) is 93.6 cm³/mol. The van der Waals surface area contributed by atoms with E-state index in [9.17, 15) is 4.79 Å². The van der Waals surface area contributed by atoms with Crippen molar-refractivity contribution in [1.29, 1.82) is 0 Å². The minimum absolute atomic E-state index is 0.130. The number of hydrogen-bond donors (Lipinski definition) is 2. The summed E-state index contributed by atoms with van der Waals surface area (Å²) in [6.45, 7) is 4.42. The van der Waals surface area contributed by atoms with Gasteiger partial charge in [0, 0.05) is 19.6 Å². The fraction of sp³-hybridized carbons (Fsp3) is 0.421. The van der Waals surface area contributed by atoms with Crippen LogP contribution in [0.2, 0.25) is 0 Å². The van der Waals surface area contributed by atoms with Crippen LogP contribution < -0.4 is 10.6 Å². The molecule has 2 heterocycles. The SMILES string of the molecule is O=C(NCc1ccco1)NC[C@H]1CCN(CCc2ccccc2)C1. The quantitative estimate of drug-likeness (QED) is 0.822. The Morgan fingerprint density at radius 1 is 1.17 bits per heavy atom. The molecule has 1 saturated heterocycles. The first-order valence-corrected chi connectivity index (χ1v) is 8.60. The molecule has 2 aromatic rings. The van der Waals surface area contributed by atoms with Crippen LogP contribution in [0.25, 0.3) is 0 Å². The van der Waals surface area contributed by atoms with Crippen molar-refractivity contribution in [1.82, 2.24) is 15.5 Å². The number of carbonyl (C=O) groups is 1. The lowest BCUT2D eigenvalue weighted by molar-refractivity contribution is 0.237. The van der Waals surface area contributed by atoms with Gasteiger partial charge in [0.1, 0.15) is 5.76 Å². The minimum Gasteiger partial charge on any atom is -0.467 e. The number of hydrogen-bond acceptors (Lipinski definition) is 3. The Balaban J connectivity index is 1.30. The molecule has 1 aliphatic rings. The molecule has 128 valence electrons. The number of furan rings is 1. The summed E-state index contributed by atoms with van der Waals surface area (Å²) in [5, 5.41) is 5.77. The summed E-state index contributed by atoms with van der Waals surface area (Å²) in [6.07, 6.45) is 3.84. The molecule has 5 nitrogen and oxygen atoms in total. The molecule has 2 N–H and O–H groups in total. The van der Waals surface area contributed by atoms with Crippen molar-refractivity contribution in [2.75, 3.05) is 26.2 Å². The van der Waals surface area contributed by atoms with Crippen LogP contribution in [0.5, 0.6) is 0 Å². The Morgan fingerprint density at radius 2 is 2.04 bits per heavy atom. The van der Waals surface area contributed by atoms with E-state index in [0.29, 0.717) is 12.5 Å². The first-order chi connectivity index (χ1) is 11.8. The molecule has 1 aromatic carbocycles. The molecule has 0 radical (unpaired) electrons. The summed E-state index contributed by atoms with van der Waals surface area (Å²) >= 11 is 0. The second-order valence-corrected chi connectivity index (χ2v) is 6.33. The zero-order valence-electron chi connectivity index (χ0n) is 13.9. The molecule has 1 aliphatic heterocycles. The average Bonchev–Trinajstić information content (AvgIpc) is 3.29. The van der Waals surface area contributed by atoms with Crippen molar-refractivity contribution in [3.8, 4) is 0 Å². The van der Waals surface area contributed by atoms with Crippen molar-refractivity contribution < 1.29 is 9.21 Å². The second kappa shape index (κ2) is 8.55. The lowest BCUT2D eigenvalue weighted by Crippen LogP contribution is -2.38. The molecule has 24 heavy (non-hydrogen) atoms. The molecule has 0 aliphatic carbocycles. The molecule has 0 spiro atoms. The van der Waals surface area contributed by atoms with Gasteiger partial charge < -0.3 is 20.0 Å². The van der Waals surface area contributed by atoms with Gasteiger partial charge in [-0.1, -0.05) is 30.3 Å². The molecule has 5 heteroatoms. The van der Waals surface area contributed by atoms with E-state index < -0.39 is 0 Å². The van der Waals surface area contributed by atoms with E-state index in [0.717, 1.165) is 44.8 Å². The van der Waals surface area contributed by atoms with Gasteiger partial charge in [-0.25, -0.2) is 4.79 Å². The van der Waals surface area contributed by atoms with Crippen molar-refractivity contribution in [3.63, 3.8) is 0 Å². The average molecular weight is 327 g/mol. The highest BCUT2D eigenvalue weighted by molar-refractivity contribution is 5.73. The maximum atomic E-state index is 11.8. The number of carbonyl (C=O) groups excluding carboxylic acids is 1. The third-order valence-corrected chi connectivity index (χ3v) is 4.48. The maximum Gasteiger partial charge on any atom is 0.315 e. The van der Waals surface area contributed by atoms with Gasteiger partial charge in [-0.15, -0.1) is 0 Å². The van der Waals surface area contributed by atoms with Crippen LogP contribution in [0, 0.1) is 5.92 Å². The molecule has 0 unspecified atom stereocenters. The Hall–Kier alpha value is -2.27. The Labute approximate surface area is 143 Å². The summed E-state index contributed by atoms with van der Waals surface area (Å²) in [5.41, 5.74) is 1.39. The largest absolute Gasteiger partial charge is 0.467 e. The molecular formula is C19H25N3O2. The highest BCUT2D eigenvalue weighted by Crippen LogP contribution is 2.16. The Bertz CT molecular complexity index is 613. The summed E-state index contributed by atoms with van der Waals surface area (Å²) < 4.78 is 5.19. The van der Waals surface area contributed by atoms with Gasteiger partial charge in [0.2, 0.25) is 0 Å². The van der Waals surface area contributed by atoms with Crippen LogP contribution >= 0.6 is 0 Å². The zero-order chi connectivity index (χ0) is 16.6. The van der Waals surface area contributed by atoms with Crippen LogP contribution in [-0.4, -0.2) is 37.1 Å². The lowest BCUT2D eigenvalue weighted by atomic mass is 10.1. The van der Waals surface area contributed by atoms with Gasteiger partial charge in [0.05, 0.1) is 12.8 Å². The Kier molecular flexibility index (Phi) is 5.90. The van der Waals surface area contributed by atoms with Crippen molar-refractivity contribution in [2.24, 2.45) is 5.92 Å². The third-order valence-electron chi connectivity index (χ3n) is 4.48. The van der Waals surface area contributed by atoms with Crippen LogP contribution in [0.3, 0.4) is 0 Å². The summed E-state index contributed by atoms with van der Waals surface area (Å²) in [5.74, 6) is 1.30. The zero-order valence-corrected chi connectivity index (χ0v) is 13.9. The predicted octanol–water partition coefficient (Wildman–Crippen LogP) is 2.64. The van der Waals surface area contributed by atoms with E-state index in [1.165, 1.54) is 5.56 Å².